The van der Waals surface area contributed by atoms with E-state index in [-0.39, 0.29) is 16.9 Å². The van der Waals surface area contributed by atoms with E-state index in [0.717, 1.165) is 25.7 Å². The van der Waals surface area contributed by atoms with Gasteiger partial charge in [0, 0.05) is 18.7 Å². The summed E-state index contributed by atoms with van der Waals surface area (Å²) < 4.78 is 27.2. The second-order valence-electron chi connectivity index (χ2n) is 6.52. The van der Waals surface area contributed by atoms with Gasteiger partial charge in [0.1, 0.15) is 6.04 Å². The predicted octanol–water partition coefficient (Wildman–Crippen LogP) is 2.40. The molecule has 1 aliphatic heterocycles. The Morgan fingerprint density at radius 2 is 1.89 bits per heavy atom. The molecule has 0 spiro atoms. The molecule has 0 aliphatic carbocycles. The minimum atomic E-state index is -3.67. The number of amides is 1. The first-order valence-electron chi connectivity index (χ1n) is 9.11. The van der Waals surface area contributed by atoms with Gasteiger partial charge in [-0.1, -0.05) is 31.1 Å². The number of hydrogen-bond acceptors (Lipinski definition) is 4. The lowest BCUT2D eigenvalue weighted by molar-refractivity contribution is -0.139. The van der Waals surface area contributed by atoms with Gasteiger partial charge in [0.05, 0.1) is 4.90 Å². The Balaban J connectivity index is 2.20. The quantitative estimate of drug-likeness (QED) is 0.691. The first-order valence-corrected chi connectivity index (χ1v) is 10.6. The van der Waals surface area contributed by atoms with Gasteiger partial charge < -0.3 is 10.4 Å². The zero-order valence-electron chi connectivity index (χ0n) is 15.4. The van der Waals surface area contributed by atoms with Crippen molar-refractivity contribution in [2.24, 2.45) is 0 Å². The van der Waals surface area contributed by atoms with Gasteiger partial charge in [0.15, 0.2) is 0 Å². The highest BCUT2D eigenvalue weighted by Crippen LogP contribution is 2.21. The first-order chi connectivity index (χ1) is 12.9. The fraction of sp³-hybridized carbons (Fsp3) is 0.474. The highest BCUT2D eigenvalue weighted by Gasteiger charge is 2.26. The predicted molar refractivity (Wildman–Crippen MR) is 102 cm³/mol. The van der Waals surface area contributed by atoms with Crippen LogP contribution in [0.5, 0.6) is 0 Å². The lowest BCUT2D eigenvalue weighted by Gasteiger charge is -2.20. The fourth-order valence-electron chi connectivity index (χ4n) is 2.96. The molecule has 1 fully saturated rings. The molecule has 0 saturated carbocycles. The van der Waals surface area contributed by atoms with Crippen molar-refractivity contribution in [2.45, 2.75) is 50.0 Å². The number of carboxylic acid groups (broad SMARTS) is 1. The third-order valence-electron chi connectivity index (χ3n) is 4.51. The Labute approximate surface area is 160 Å². The van der Waals surface area contributed by atoms with Crippen molar-refractivity contribution in [3.05, 3.63) is 42.0 Å². The number of sulfonamides is 1. The van der Waals surface area contributed by atoms with Gasteiger partial charge in [-0.15, -0.1) is 0 Å². The highest BCUT2D eigenvalue weighted by atomic mass is 32.2. The molecular weight excluding hydrogens is 368 g/mol. The van der Waals surface area contributed by atoms with E-state index in [2.05, 4.69) is 5.32 Å². The summed E-state index contributed by atoms with van der Waals surface area (Å²) in [6.07, 6.45) is 7.18. The minimum absolute atomic E-state index is 0.0531. The molecule has 27 heavy (non-hydrogen) atoms. The summed E-state index contributed by atoms with van der Waals surface area (Å²) in [7, 11) is -3.67. The van der Waals surface area contributed by atoms with Crippen LogP contribution in [0.2, 0.25) is 0 Å². The molecule has 1 aliphatic rings. The molecule has 0 radical (unpaired) electrons. The lowest BCUT2D eigenvalue weighted by Crippen LogP contribution is -2.40. The number of benzene rings is 1. The fourth-order valence-corrected chi connectivity index (χ4v) is 4.53. The molecule has 2 rings (SSSR count). The molecule has 8 heteroatoms. The van der Waals surface area contributed by atoms with Crippen molar-refractivity contribution >= 4 is 21.9 Å². The molecule has 1 heterocycles. The molecule has 1 aromatic rings. The summed E-state index contributed by atoms with van der Waals surface area (Å²) in [6.45, 7) is 2.71. The summed E-state index contributed by atoms with van der Waals surface area (Å²) in [5.74, 6) is -1.75. The van der Waals surface area contributed by atoms with Crippen LogP contribution < -0.4 is 5.32 Å². The van der Waals surface area contributed by atoms with E-state index in [0.29, 0.717) is 13.1 Å². The Kier molecular flexibility index (Phi) is 7.55. The molecule has 1 unspecified atom stereocenters. The summed E-state index contributed by atoms with van der Waals surface area (Å²) in [5, 5.41) is 11.7. The van der Waals surface area contributed by atoms with Gasteiger partial charge in [-0.3, -0.25) is 4.79 Å². The van der Waals surface area contributed by atoms with Crippen molar-refractivity contribution in [1.82, 2.24) is 9.62 Å². The van der Waals surface area contributed by atoms with Crippen molar-refractivity contribution in [1.29, 1.82) is 0 Å². The van der Waals surface area contributed by atoms with Crippen molar-refractivity contribution < 1.29 is 23.1 Å². The maximum atomic E-state index is 12.9. The van der Waals surface area contributed by atoms with Crippen LogP contribution in [-0.2, 0) is 14.8 Å². The molecule has 1 amide bonds. The average Bonchev–Trinajstić information content (AvgIpc) is 2.95. The number of carbonyl (C=O) groups is 2. The topological polar surface area (TPSA) is 104 Å². The van der Waals surface area contributed by atoms with Crippen LogP contribution in [0, 0.1) is 0 Å². The summed E-state index contributed by atoms with van der Waals surface area (Å²) >= 11 is 0. The number of nitrogens with zero attached hydrogens (tertiary/aromatic N) is 1. The summed E-state index contributed by atoms with van der Waals surface area (Å²) in [4.78, 5) is 23.8. The van der Waals surface area contributed by atoms with Crippen molar-refractivity contribution in [3.8, 4) is 0 Å². The third kappa shape index (κ3) is 5.64. The molecule has 2 N–H and O–H groups in total. The monoisotopic (exact) mass is 394 g/mol. The normalized spacial score (nSPS) is 17.4. The molecule has 1 saturated heterocycles. The maximum Gasteiger partial charge on any atom is 0.326 e. The molecule has 0 bridgehead atoms. The number of aliphatic carboxylic acids is 1. The summed E-state index contributed by atoms with van der Waals surface area (Å²) in [6, 6.07) is 4.68. The zero-order chi connectivity index (χ0) is 19.9. The molecule has 0 aromatic heterocycles. The van der Waals surface area contributed by atoms with Crippen LogP contribution in [0.3, 0.4) is 0 Å². The number of nitrogens with one attached hydrogen (secondary N) is 1. The Morgan fingerprint density at radius 1 is 1.22 bits per heavy atom. The Morgan fingerprint density at radius 3 is 2.48 bits per heavy atom. The minimum Gasteiger partial charge on any atom is -0.480 e. The molecule has 148 valence electrons. The molecular formula is C19H26N2O5S. The number of carboxylic acids is 1. The lowest BCUT2D eigenvalue weighted by atomic mass is 10.1. The Hall–Kier alpha value is -2.19. The van der Waals surface area contributed by atoms with E-state index < -0.39 is 27.9 Å². The highest BCUT2D eigenvalue weighted by molar-refractivity contribution is 7.89. The second kappa shape index (κ2) is 9.66. The maximum absolute atomic E-state index is 12.9. The number of allylic oxidation sites excluding steroid dienone is 1. The molecule has 7 nitrogen and oxygen atoms in total. The van der Waals surface area contributed by atoms with Gasteiger partial charge in [-0.25, -0.2) is 13.2 Å². The average molecular weight is 394 g/mol. The van der Waals surface area contributed by atoms with E-state index in [4.69, 9.17) is 0 Å². The molecule has 1 atom stereocenters. The van der Waals surface area contributed by atoms with Gasteiger partial charge in [0.25, 0.3) is 5.91 Å². The third-order valence-corrected chi connectivity index (χ3v) is 6.40. The smallest absolute Gasteiger partial charge is 0.326 e. The number of hydrogen-bond donors (Lipinski definition) is 2. The van der Waals surface area contributed by atoms with Gasteiger partial charge >= 0.3 is 5.97 Å². The van der Waals surface area contributed by atoms with E-state index in [9.17, 15) is 23.1 Å². The van der Waals surface area contributed by atoms with E-state index in [1.165, 1.54) is 28.6 Å². The van der Waals surface area contributed by atoms with Gasteiger partial charge in [-0.2, -0.15) is 4.31 Å². The Bertz CT molecular complexity index is 796. The standard InChI is InChI=1S/C19H26N2O5S/c1-2-3-11-17(19(23)24)20-18(22)15-9-8-10-16(14-15)27(25,26)21-12-6-4-5-7-13-21/h2-3,8-10,14,17H,4-7,11-13H2,1H3,(H,20,22)(H,23,24)/b3-2+. The number of rotatable bonds is 7. The van der Waals surface area contributed by atoms with Crippen LogP contribution in [-0.4, -0.2) is 48.8 Å². The van der Waals surface area contributed by atoms with Gasteiger partial charge in [0.2, 0.25) is 10.0 Å². The van der Waals surface area contributed by atoms with E-state index >= 15 is 0 Å². The van der Waals surface area contributed by atoms with Crippen molar-refractivity contribution in [2.75, 3.05) is 13.1 Å². The number of carbonyl (C=O) groups excluding carboxylic acids is 1. The zero-order valence-corrected chi connectivity index (χ0v) is 16.2. The summed E-state index contributed by atoms with van der Waals surface area (Å²) in [5.41, 5.74) is 0.123. The molecule has 1 aromatic carbocycles. The van der Waals surface area contributed by atoms with Crippen molar-refractivity contribution in [3.63, 3.8) is 0 Å². The van der Waals surface area contributed by atoms with Crippen LogP contribution in [0.15, 0.2) is 41.3 Å². The first kappa shape index (κ1) is 21.1. The van der Waals surface area contributed by atoms with Crippen LogP contribution >= 0.6 is 0 Å². The van der Waals surface area contributed by atoms with Gasteiger partial charge in [-0.05, 0) is 44.4 Å². The van der Waals surface area contributed by atoms with E-state index in [1.54, 1.807) is 19.1 Å². The SMILES string of the molecule is C/C=C/CC(NC(=O)c1cccc(S(=O)(=O)N2CCCCCC2)c1)C(=O)O. The van der Waals surface area contributed by atoms with Crippen LogP contribution in [0.25, 0.3) is 0 Å². The van der Waals surface area contributed by atoms with E-state index in [1.807, 2.05) is 0 Å². The van der Waals surface area contributed by atoms with Crippen LogP contribution in [0.4, 0.5) is 0 Å². The second-order valence-corrected chi connectivity index (χ2v) is 8.45. The van der Waals surface area contributed by atoms with Crippen LogP contribution in [0.1, 0.15) is 49.4 Å². The largest absolute Gasteiger partial charge is 0.480 e.